The molecular formula is C9H12N2OS. The van der Waals surface area contributed by atoms with E-state index in [4.69, 9.17) is 5.26 Å². The van der Waals surface area contributed by atoms with E-state index >= 15 is 0 Å². The lowest BCUT2D eigenvalue weighted by Gasteiger charge is -2.25. The highest BCUT2D eigenvalue weighted by atomic mass is 32.2. The normalized spacial score (nSPS) is 17.3. The number of nitrogens with zero attached hydrogens (tertiary/aromatic N) is 2. The molecule has 1 heterocycles. The Kier molecular flexibility index (Phi) is 4.41. The van der Waals surface area contributed by atoms with Gasteiger partial charge < -0.3 is 4.90 Å². The number of carbonyl (C=O) groups excluding carboxylic acids is 1. The molecule has 1 aliphatic rings. The van der Waals surface area contributed by atoms with Gasteiger partial charge in [-0.3, -0.25) is 4.79 Å². The van der Waals surface area contributed by atoms with Gasteiger partial charge in [-0.15, -0.1) is 0 Å². The molecule has 0 spiro atoms. The second kappa shape index (κ2) is 5.65. The van der Waals surface area contributed by atoms with Gasteiger partial charge in [0.05, 0.1) is 0 Å². The fourth-order valence-corrected chi connectivity index (χ4v) is 1.59. The quantitative estimate of drug-likeness (QED) is 0.499. The topological polar surface area (TPSA) is 44.1 Å². The van der Waals surface area contributed by atoms with Crippen LogP contribution >= 0.6 is 11.8 Å². The molecule has 1 aliphatic heterocycles. The van der Waals surface area contributed by atoms with Crippen LogP contribution in [0.25, 0.3) is 0 Å². The van der Waals surface area contributed by atoms with Crippen molar-refractivity contribution in [1.82, 2.24) is 4.90 Å². The van der Waals surface area contributed by atoms with Crippen LogP contribution in [-0.4, -0.2) is 23.9 Å². The predicted molar refractivity (Wildman–Crippen MR) is 52.8 cm³/mol. The minimum Gasteiger partial charge on any atom is -0.339 e. The average Bonchev–Trinajstić information content (AvgIpc) is 2.19. The molecule has 0 aromatic heterocycles. The molecule has 1 fully saturated rings. The Morgan fingerprint density at radius 2 is 2.08 bits per heavy atom. The number of hydrogen-bond donors (Lipinski definition) is 0. The summed E-state index contributed by atoms with van der Waals surface area (Å²) in [7, 11) is 0. The SMILES string of the molecule is N#CSC=CC(=O)N1CCCCC1. The predicted octanol–water partition coefficient (Wildman–Crippen LogP) is 1.73. The molecule has 0 atom stereocenters. The number of carbonyl (C=O) groups is 1. The molecule has 0 unspecified atom stereocenters. The van der Waals surface area contributed by atoms with E-state index in [2.05, 4.69) is 0 Å². The van der Waals surface area contributed by atoms with Gasteiger partial charge in [0.15, 0.2) is 0 Å². The molecule has 0 bridgehead atoms. The third-order valence-electron chi connectivity index (χ3n) is 2.00. The molecule has 0 aliphatic carbocycles. The lowest BCUT2D eigenvalue weighted by Crippen LogP contribution is -2.34. The van der Waals surface area contributed by atoms with Gasteiger partial charge in [-0.1, -0.05) is 0 Å². The van der Waals surface area contributed by atoms with Crippen molar-refractivity contribution in [2.24, 2.45) is 0 Å². The molecule has 70 valence electrons. The molecule has 0 radical (unpaired) electrons. The summed E-state index contributed by atoms with van der Waals surface area (Å²) in [6.07, 6.45) is 4.90. The summed E-state index contributed by atoms with van der Waals surface area (Å²) in [6.45, 7) is 1.72. The molecule has 0 saturated carbocycles. The Labute approximate surface area is 82.4 Å². The second-order valence-electron chi connectivity index (χ2n) is 2.90. The van der Waals surface area contributed by atoms with Crippen molar-refractivity contribution in [1.29, 1.82) is 5.26 Å². The summed E-state index contributed by atoms with van der Waals surface area (Å²) in [5, 5.41) is 11.7. The average molecular weight is 196 g/mol. The lowest BCUT2D eigenvalue weighted by atomic mass is 10.1. The summed E-state index contributed by atoms with van der Waals surface area (Å²) in [4.78, 5) is 13.2. The zero-order valence-corrected chi connectivity index (χ0v) is 8.22. The second-order valence-corrected chi connectivity index (χ2v) is 3.59. The summed E-state index contributed by atoms with van der Waals surface area (Å²) in [5.74, 6) is 0.0300. The molecular weight excluding hydrogens is 184 g/mol. The summed E-state index contributed by atoms with van der Waals surface area (Å²) < 4.78 is 0. The van der Waals surface area contributed by atoms with Crippen LogP contribution in [0.4, 0.5) is 0 Å². The zero-order chi connectivity index (χ0) is 9.52. The minimum absolute atomic E-state index is 0.0300. The lowest BCUT2D eigenvalue weighted by molar-refractivity contribution is -0.126. The number of likely N-dealkylation sites (tertiary alicyclic amines) is 1. The van der Waals surface area contributed by atoms with Gasteiger partial charge in [0, 0.05) is 19.2 Å². The van der Waals surface area contributed by atoms with Gasteiger partial charge >= 0.3 is 0 Å². The number of nitriles is 1. The first kappa shape index (κ1) is 10.1. The number of rotatable bonds is 2. The number of amides is 1. The van der Waals surface area contributed by atoms with E-state index in [9.17, 15) is 4.79 Å². The van der Waals surface area contributed by atoms with Crippen LogP contribution in [0, 0.1) is 10.7 Å². The number of hydrogen-bond acceptors (Lipinski definition) is 3. The van der Waals surface area contributed by atoms with Crippen LogP contribution in [-0.2, 0) is 4.79 Å². The van der Waals surface area contributed by atoms with Gasteiger partial charge in [-0.2, -0.15) is 5.26 Å². The van der Waals surface area contributed by atoms with E-state index in [1.807, 2.05) is 10.3 Å². The van der Waals surface area contributed by atoms with E-state index in [-0.39, 0.29) is 5.91 Å². The van der Waals surface area contributed by atoms with Crippen molar-refractivity contribution in [3.63, 3.8) is 0 Å². The first-order valence-electron chi connectivity index (χ1n) is 4.35. The van der Waals surface area contributed by atoms with Crippen molar-refractivity contribution in [3.05, 3.63) is 11.5 Å². The first-order valence-corrected chi connectivity index (χ1v) is 5.23. The Bertz CT molecular complexity index is 238. The fraction of sp³-hybridized carbons (Fsp3) is 0.556. The van der Waals surface area contributed by atoms with Crippen LogP contribution in [0.3, 0.4) is 0 Å². The Morgan fingerprint density at radius 1 is 1.38 bits per heavy atom. The van der Waals surface area contributed by atoms with Gasteiger partial charge in [0.25, 0.3) is 0 Å². The molecule has 1 saturated heterocycles. The maximum absolute atomic E-state index is 11.4. The zero-order valence-electron chi connectivity index (χ0n) is 7.40. The van der Waals surface area contributed by atoms with Gasteiger partial charge in [-0.25, -0.2) is 0 Å². The Hall–Kier alpha value is -0.950. The van der Waals surface area contributed by atoms with Crippen LogP contribution < -0.4 is 0 Å². The molecule has 1 rings (SSSR count). The first-order chi connectivity index (χ1) is 6.34. The summed E-state index contributed by atoms with van der Waals surface area (Å²) in [6, 6.07) is 0. The number of thiocyanates is 1. The third-order valence-corrected chi connectivity index (χ3v) is 2.38. The Morgan fingerprint density at radius 3 is 2.69 bits per heavy atom. The summed E-state index contributed by atoms with van der Waals surface area (Å²) in [5.41, 5.74) is 0. The molecule has 3 nitrogen and oxygen atoms in total. The highest BCUT2D eigenvalue weighted by Gasteiger charge is 2.13. The molecule has 4 heteroatoms. The maximum atomic E-state index is 11.4. The van der Waals surface area contributed by atoms with Crippen molar-refractivity contribution >= 4 is 17.7 Å². The van der Waals surface area contributed by atoms with Gasteiger partial charge in [-0.05, 0) is 36.4 Å². The monoisotopic (exact) mass is 196 g/mol. The van der Waals surface area contributed by atoms with E-state index in [0.717, 1.165) is 37.7 Å². The largest absolute Gasteiger partial charge is 0.339 e. The molecule has 0 aromatic rings. The van der Waals surface area contributed by atoms with Crippen molar-refractivity contribution in [2.45, 2.75) is 19.3 Å². The van der Waals surface area contributed by atoms with E-state index in [1.54, 1.807) is 0 Å². The van der Waals surface area contributed by atoms with Crippen LogP contribution in [0.1, 0.15) is 19.3 Å². The molecule has 1 amide bonds. The highest BCUT2D eigenvalue weighted by Crippen LogP contribution is 2.09. The van der Waals surface area contributed by atoms with Crippen molar-refractivity contribution in [3.8, 4) is 5.40 Å². The van der Waals surface area contributed by atoms with Crippen molar-refractivity contribution < 1.29 is 4.79 Å². The van der Waals surface area contributed by atoms with E-state index in [0.29, 0.717) is 0 Å². The van der Waals surface area contributed by atoms with Gasteiger partial charge in [0.2, 0.25) is 5.91 Å². The Balaban J connectivity index is 2.34. The molecule has 13 heavy (non-hydrogen) atoms. The minimum atomic E-state index is 0.0300. The number of thioether (sulfide) groups is 1. The molecule has 0 aromatic carbocycles. The molecule has 0 N–H and O–H groups in total. The fourth-order valence-electron chi connectivity index (χ4n) is 1.34. The number of piperidine rings is 1. The smallest absolute Gasteiger partial charge is 0.247 e. The van der Waals surface area contributed by atoms with E-state index < -0.39 is 0 Å². The standard InChI is InChI=1S/C9H12N2OS/c10-8-13-7-4-9(12)11-5-2-1-3-6-11/h4,7H,1-3,5-6H2. The maximum Gasteiger partial charge on any atom is 0.247 e. The van der Waals surface area contributed by atoms with Crippen LogP contribution in [0.15, 0.2) is 11.5 Å². The highest BCUT2D eigenvalue weighted by molar-refractivity contribution is 8.06. The third kappa shape index (κ3) is 3.51. The van der Waals surface area contributed by atoms with Gasteiger partial charge in [0.1, 0.15) is 5.40 Å². The van der Waals surface area contributed by atoms with Crippen LogP contribution in [0.2, 0.25) is 0 Å². The van der Waals surface area contributed by atoms with Crippen molar-refractivity contribution in [2.75, 3.05) is 13.1 Å². The summed E-state index contributed by atoms with van der Waals surface area (Å²) >= 11 is 0.978. The van der Waals surface area contributed by atoms with E-state index in [1.165, 1.54) is 17.9 Å². The van der Waals surface area contributed by atoms with Crippen LogP contribution in [0.5, 0.6) is 0 Å².